The van der Waals surface area contributed by atoms with Gasteiger partial charge in [0.05, 0.1) is 0 Å². The summed E-state index contributed by atoms with van der Waals surface area (Å²) >= 11 is 3.52. The van der Waals surface area contributed by atoms with Crippen LogP contribution in [0, 0.1) is 0 Å². The van der Waals surface area contributed by atoms with Gasteiger partial charge in [-0.25, -0.2) is 0 Å². The summed E-state index contributed by atoms with van der Waals surface area (Å²) in [6, 6.07) is 9.09. The van der Waals surface area contributed by atoms with Crippen molar-refractivity contribution in [2.45, 2.75) is 45.1 Å². The zero-order valence-corrected chi connectivity index (χ0v) is 11.9. The Morgan fingerprint density at radius 3 is 2.69 bits per heavy atom. The first kappa shape index (κ1) is 13.7. The van der Waals surface area contributed by atoms with E-state index in [1.165, 1.54) is 42.1 Å². The smallest absolute Gasteiger partial charge is 0.0317 e. The molecule has 0 saturated carbocycles. The van der Waals surface area contributed by atoms with E-state index in [1.54, 1.807) is 0 Å². The second-order valence-electron chi connectivity index (χ2n) is 4.25. The monoisotopic (exact) mass is 283 g/mol. The fourth-order valence-corrected chi connectivity index (χ4v) is 2.39. The third-order valence-electron chi connectivity index (χ3n) is 2.95. The van der Waals surface area contributed by atoms with E-state index in [2.05, 4.69) is 52.4 Å². The highest BCUT2D eigenvalue weighted by Gasteiger charge is 2.08. The van der Waals surface area contributed by atoms with Gasteiger partial charge in [-0.2, -0.15) is 0 Å². The molecular weight excluding hydrogens is 262 g/mol. The zero-order valence-electron chi connectivity index (χ0n) is 10.3. The Balaban J connectivity index is 2.47. The minimum absolute atomic E-state index is 0.495. The average molecular weight is 284 g/mol. The van der Waals surface area contributed by atoms with Crippen molar-refractivity contribution in [2.24, 2.45) is 0 Å². The fourth-order valence-electron chi connectivity index (χ4n) is 1.98. The van der Waals surface area contributed by atoms with Crippen molar-refractivity contribution in [1.29, 1.82) is 0 Å². The normalized spacial score (nSPS) is 12.7. The Morgan fingerprint density at radius 1 is 1.25 bits per heavy atom. The molecule has 0 aliphatic rings. The standard InChI is InChI=1S/C14H22BrN/c1-3-4-5-6-10-14(16-2)12-8-7-9-13(15)11-12/h7-9,11,14,16H,3-6,10H2,1-2H3. The van der Waals surface area contributed by atoms with Gasteiger partial charge in [0.1, 0.15) is 0 Å². The molecule has 0 bridgehead atoms. The molecule has 0 spiro atoms. The van der Waals surface area contributed by atoms with Gasteiger partial charge in [-0.1, -0.05) is 60.7 Å². The molecule has 16 heavy (non-hydrogen) atoms. The van der Waals surface area contributed by atoms with Crippen LogP contribution in [0.4, 0.5) is 0 Å². The van der Waals surface area contributed by atoms with Crippen LogP contribution in [0.1, 0.15) is 50.6 Å². The lowest BCUT2D eigenvalue weighted by Crippen LogP contribution is -2.16. The second kappa shape index (κ2) is 7.86. The van der Waals surface area contributed by atoms with E-state index in [9.17, 15) is 0 Å². The van der Waals surface area contributed by atoms with Crippen LogP contribution in [0.2, 0.25) is 0 Å². The quantitative estimate of drug-likeness (QED) is 0.717. The van der Waals surface area contributed by atoms with Gasteiger partial charge in [0.2, 0.25) is 0 Å². The predicted octanol–water partition coefficient (Wildman–Crippen LogP) is 4.68. The van der Waals surface area contributed by atoms with Crippen molar-refractivity contribution in [3.05, 3.63) is 34.3 Å². The fraction of sp³-hybridized carbons (Fsp3) is 0.571. The van der Waals surface area contributed by atoms with Crippen LogP contribution in [-0.4, -0.2) is 7.05 Å². The lowest BCUT2D eigenvalue weighted by Gasteiger charge is -2.16. The molecule has 1 aromatic carbocycles. The Labute approximate surface area is 108 Å². The Kier molecular flexibility index (Phi) is 6.74. The van der Waals surface area contributed by atoms with E-state index in [0.717, 1.165) is 0 Å². The molecule has 0 heterocycles. The number of unbranched alkanes of at least 4 members (excludes halogenated alkanes) is 3. The van der Waals surface area contributed by atoms with Gasteiger partial charge in [0, 0.05) is 10.5 Å². The van der Waals surface area contributed by atoms with E-state index in [-0.39, 0.29) is 0 Å². The first-order valence-corrected chi connectivity index (χ1v) is 7.00. The molecule has 1 atom stereocenters. The number of hydrogen-bond donors (Lipinski definition) is 1. The maximum absolute atomic E-state index is 3.52. The number of hydrogen-bond acceptors (Lipinski definition) is 1. The highest BCUT2D eigenvalue weighted by Crippen LogP contribution is 2.22. The van der Waals surface area contributed by atoms with Crippen molar-refractivity contribution in [1.82, 2.24) is 5.32 Å². The summed E-state index contributed by atoms with van der Waals surface area (Å²) < 4.78 is 1.17. The van der Waals surface area contributed by atoms with Gasteiger partial charge in [0.25, 0.3) is 0 Å². The van der Waals surface area contributed by atoms with E-state index in [4.69, 9.17) is 0 Å². The molecule has 1 N–H and O–H groups in total. The molecule has 1 aromatic rings. The number of rotatable bonds is 7. The molecule has 1 unspecified atom stereocenters. The van der Waals surface area contributed by atoms with Crippen molar-refractivity contribution in [3.8, 4) is 0 Å². The summed E-state index contributed by atoms with van der Waals surface area (Å²) in [5.41, 5.74) is 1.38. The molecule has 0 saturated heterocycles. The van der Waals surface area contributed by atoms with E-state index < -0.39 is 0 Å². The second-order valence-corrected chi connectivity index (χ2v) is 5.16. The van der Waals surface area contributed by atoms with Crippen molar-refractivity contribution >= 4 is 15.9 Å². The minimum atomic E-state index is 0.495. The lowest BCUT2D eigenvalue weighted by atomic mass is 10.0. The maximum Gasteiger partial charge on any atom is 0.0317 e. The molecule has 0 radical (unpaired) electrons. The molecule has 0 aromatic heterocycles. The Morgan fingerprint density at radius 2 is 2.06 bits per heavy atom. The van der Waals surface area contributed by atoms with Gasteiger partial charge < -0.3 is 5.32 Å². The minimum Gasteiger partial charge on any atom is -0.313 e. The Bertz CT molecular complexity index is 299. The van der Waals surface area contributed by atoms with Crippen LogP contribution < -0.4 is 5.32 Å². The van der Waals surface area contributed by atoms with Crippen LogP contribution in [0.5, 0.6) is 0 Å². The highest BCUT2D eigenvalue weighted by molar-refractivity contribution is 9.10. The van der Waals surface area contributed by atoms with Crippen molar-refractivity contribution in [2.75, 3.05) is 7.05 Å². The van der Waals surface area contributed by atoms with Crippen LogP contribution in [0.3, 0.4) is 0 Å². The summed E-state index contributed by atoms with van der Waals surface area (Å²) in [6.45, 7) is 2.25. The van der Waals surface area contributed by atoms with Crippen molar-refractivity contribution in [3.63, 3.8) is 0 Å². The van der Waals surface area contributed by atoms with Gasteiger partial charge in [-0.3, -0.25) is 0 Å². The predicted molar refractivity (Wildman–Crippen MR) is 74.7 cm³/mol. The number of benzene rings is 1. The van der Waals surface area contributed by atoms with Gasteiger partial charge in [-0.05, 0) is 31.2 Å². The van der Waals surface area contributed by atoms with E-state index >= 15 is 0 Å². The van der Waals surface area contributed by atoms with Crippen LogP contribution in [0.15, 0.2) is 28.7 Å². The Hall–Kier alpha value is -0.340. The van der Waals surface area contributed by atoms with Crippen LogP contribution in [0.25, 0.3) is 0 Å². The summed E-state index contributed by atoms with van der Waals surface area (Å²) in [5, 5.41) is 3.40. The molecule has 1 rings (SSSR count). The highest BCUT2D eigenvalue weighted by atomic mass is 79.9. The van der Waals surface area contributed by atoms with Crippen molar-refractivity contribution < 1.29 is 0 Å². The molecule has 0 amide bonds. The topological polar surface area (TPSA) is 12.0 Å². The average Bonchev–Trinajstić information content (AvgIpc) is 2.29. The van der Waals surface area contributed by atoms with E-state index in [0.29, 0.717) is 6.04 Å². The van der Waals surface area contributed by atoms with Crippen LogP contribution in [-0.2, 0) is 0 Å². The lowest BCUT2D eigenvalue weighted by molar-refractivity contribution is 0.505. The summed E-state index contributed by atoms with van der Waals surface area (Å²) in [4.78, 5) is 0. The number of nitrogens with one attached hydrogen (secondary N) is 1. The molecule has 0 aliphatic carbocycles. The maximum atomic E-state index is 3.52. The summed E-state index contributed by atoms with van der Waals surface area (Å²) in [7, 11) is 2.05. The molecule has 0 fully saturated rings. The van der Waals surface area contributed by atoms with Crippen LogP contribution >= 0.6 is 15.9 Å². The van der Waals surface area contributed by atoms with E-state index in [1.807, 2.05) is 7.05 Å². The SMILES string of the molecule is CCCCCCC(NC)c1cccc(Br)c1. The van der Waals surface area contributed by atoms with Gasteiger partial charge in [-0.15, -0.1) is 0 Å². The molecule has 1 nitrogen and oxygen atoms in total. The largest absolute Gasteiger partial charge is 0.313 e. The zero-order chi connectivity index (χ0) is 11.8. The van der Waals surface area contributed by atoms with Gasteiger partial charge in [0.15, 0.2) is 0 Å². The summed E-state index contributed by atoms with van der Waals surface area (Å²) in [5.74, 6) is 0. The number of halogens is 1. The molecule has 0 aliphatic heterocycles. The molecule has 90 valence electrons. The third-order valence-corrected chi connectivity index (χ3v) is 3.44. The summed E-state index contributed by atoms with van der Waals surface area (Å²) in [6.07, 6.45) is 6.55. The third kappa shape index (κ3) is 4.67. The molecular formula is C14H22BrN. The first-order valence-electron chi connectivity index (χ1n) is 6.20. The van der Waals surface area contributed by atoms with Gasteiger partial charge >= 0.3 is 0 Å². The molecule has 2 heteroatoms. The first-order chi connectivity index (χ1) is 7.77.